The standard InChI is InChI=1S/C12H14Cl2N2/c1-9(6-15)7-16(2)8-10-3-4-11(13)5-12(10)14/h3-5,9H,7-8H2,1-2H3. The van der Waals surface area contributed by atoms with Gasteiger partial charge in [0.2, 0.25) is 0 Å². The molecule has 0 amide bonds. The molecule has 0 saturated heterocycles. The van der Waals surface area contributed by atoms with E-state index in [1.165, 1.54) is 0 Å². The van der Waals surface area contributed by atoms with Gasteiger partial charge in [0.05, 0.1) is 12.0 Å². The fraction of sp³-hybridized carbons (Fsp3) is 0.417. The molecule has 0 aromatic heterocycles. The first-order valence-corrected chi connectivity index (χ1v) is 5.80. The van der Waals surface area contributed by atoms with Gasteiger partial charge in [-0.05, 0) is 31.7 Å². The van der Waals surface area contributed by atoms with Gasteiger partial charge in [0.25, 0.3) is 0 Å². The molecule has 1 rings (SSSR count). The summed E-state index contributed by atoms with van der Waals surface area (Å²) in [7, 11) is 1.97. The first-order chi connectivity index (χ1) is 7.52. The van der Waals surface area contributed by atoms with Gasteiger partial charge in [0.15, 0.2) is 0 Å². The van der Waals surface area contributed by atoms with Crippen LogP contribution in [0.25, 0.3) is 0 Å². The van der Waals surface area contributed by atoms with Gasteiger partial charge < -0.3 is 4.90 Å². The van der Waals surface area contributed by atoms with E-state index in [0.717, 1.165) is 18.7 Å². The van der Waals surface area contributed by atoms with Crippen LogP contribution in [0.5, 0.6) is 0 Å². The highest BCUT2D eigenvalue weighted by molar-refractivity contribution is 6.35. The average molecular weight is 257 g/mol. The van der Waals surface area contributed by atoms with E-state index in [1.54, 1.807) is 6.07 Å². The van der Waals surface area contributed by atoms with Gasteiger partial charge in [0, 0.05) is 23.1 Å². The first-order valence-electron chi connectivity index (χ1n) is 5.05. The van der Waals surface area contributed by atoms with E-state index in [0.29, 0.717) is 10.0 Å². The van der Waals surface area contributed by atoms with Crippen molar-refractivity contribution in [2.75, 3.05) is 13.6 Å². The minimum atomic E-state index is 0.0241. The molecule has 0 aliphatic carbocycles. The van der Waals surface area contributed by atoms with Crippen LogP contribution in [0.2, 0.25) is 10.0 Å². The molecule has 0 N–H and O–H groups in total. The van der Waals surface area contributed by atoms with Crippen molar-refractivity contribution in [2.24, 2.45) is 5.92 Å². The van der Waals surface area contributed by atoms with E-state index in [2.05, 4.69) is 11.0 Å². The Morgan fingerprint density at radius 3 is 2.69 bits per heavy atom. The summed E-state index contributed by atoms with van der Waals surface area (Å²) in [5.74, 6) is 0.0241. The maximum Gasteiger partial charge on any atom is 0.0666 e. The molecule has 0 aliphatic rings. The summed E-state index contributed by atoms with van der Waals surface area (Å²) in [5.41, 5.74) is 1.03. The lowest BCUT2D eigenvalue weighted by molar-refractivity contribution is 0.303. The molecule has 0 bridgehead atoms. The molecule has 0 spiro atoms. The molecule has 1 atom stereocenters. The molecule has 0 radical (unpaired) electrons. The predicted molar refractivity (Wildman–Crippen MR) is 67.6 cm³/mol. The zero-order chi connectivity index (χ0) is 12.1. The van der Waals surface area contributed by atoms with E-state index in [9.17, 15) is 0 Å². The number of hydrogen-bond acceptors (Lipinski definition) is 2. The van der Waals surface area contributed by atoms with Crippen LogP contribution in [-0.2, 0) is 6.54 Å². The van der Waals surface area contributed by atoms with Crippen molar-refractivity contribution in [2.45, 2.75) is 13.5 Å². The van der Waals surface area contributed by atoms with Crippen LogP contribution in [0, 0.1) is 17.2 Å². The highest BCUT2D eigenvalue weighted by Gasteiger charge is 2.08. The lowest BCUT2D eigenvalue weighted by Gasteiger charge is -2.18. The van der Waals surface area contributed by atoms with Crippen LogP contribution in [0.3, 0.4) is 0 Å². The van der Waals surface area contributed by atoms with Gasteiger partial charge in [-0.2, -0.15) is 5.26 Å². The largest absolute Gasteiger partial charge is 0.301 e. The molecule has 4 heteroatoms. The van der Waals surface area contributed by atoms with Crippen molar-refractivity contribution >= 4 is 23.2 Å². The monoisotopic (exact) mass is 256 g/mol. The highest BCUT2D eigenvalue weighted by atomic mass is 35.5. The van der Waals surface area contributed by atoms with Gasteiger partial charge >= 0.3 is 0 Å². The molecule has 1 aromatic rings. The zero-order valence-corrected chi connectivity index (χ0v) is 10.9. The topological polar surface area (TPSA) is 27.0 Å². The molecule has 0 fully saturated rings. The summed E-state index contributed by atoms with van der Waals surface area (Å²) in [6, 6.07) is 7.68. The Hall–Kier alpha value is -0.750. The van der Waals surface area contributed by atoms with Crippen molar-refractivity contribution in [3.8, 4) is 6.07 Å². The smallest absolute Gasteiger partial charge is 0.0666 e. The molecule has 0 aliphatic heterocycles. The minimum absolute atomic E-state index is 0.0241. The summed E-state index contributed by atoms with van der Waals surface area (Å²) < 4.78 is 0. The Labute approximate surface area is 106 Å². The van der Waals surface area contributed by atoms with Crippen molar-refractivity contribution in [1.29, 1.82) is 5.26 Å². The number of halogens is 2. The maximum absolute atomic E-state index is 8.72. The second-order valence-corrected chi connectivity index (χ2v) is 4.81. The lowest BCUT2D eigenvalue weighted by Crippen LogP contribution is -2.23. The molecule has 2 nitrogen and oxygen atoms in total. The Balaban J connectivity index is 2.63. The number of nitrogens with zero attached hydrogens (tertiary/aromatic N) is 2. The van der Waals surface area contributed by atoms with Crippen LogP contribution in [0.1, 0.15) is 12.5 Å². The Morgan fingerprint density at radius 1 is 1.44 bits per heavy atom. The quantitative estimate of drug-likeness (QED) is 0.824. The zero-order valence-electron chi connectivity index (χ0n) is 9.37. The van der Waals surface area contributed by atoms with E-state index in [1.807, 2.05) is 26.1 Å². The van der Waals surface area contributed by atoms with Gasteiger partial charge in [-0.25, -0.2) is 0 Å². The van der Waals surface area contributed by atoms with Gasteiger partial charge in [-0.1, -0.05) is 29.3 Å². The molecule has 86 valence electrons. The van der Waals surface area contributed by atoms with Crippen molar-refractivity contribution in [3.05, 3.63) is 33.8 Å². The highest BCUT2D eigenvalue weighted by Crippen LogP contribution is 2.22. The normalized spacial score (nSPS) is 12.5. The fourth-order valence-corrected chi connectivity index (χ4v) is 1.98. The van der Waals surface area contributed by atoms with Gasteiger partial charge in [0.1, 0.15) is 0 Å². The van der Waals surface area contributed by atoms with E-state index < -0.39 is 0 Å². The number of rotatable bonds is 4. The summed E-state index contributed by atoms with van der Waals surface area (Å²) in [5, 5.41) is 10.0. The van der Waals surface area contributed by atoms with E-state index >= 15 is 0 Å². The van der Waals surface area contributed by atoms with E-state index in [-0.39, 0.29) is 5.92 Å². The van der Waals surface area contributed by atoms with Crippen molar-refractivity contribution in [3.63, 3.8) is 0 Å². The second-order valence-electron chi connectivity index (χ2n) is 3.96. The summed E-state index contributed by atoms with van der Waals surface area (Å²) in [6.45, 7) is 3.36. The third-order valence-electron chi connectivity index (χ3n) is 2.26. The fourth-order valence-electron chi connectivity index (χ4n) is 1.51. The molecule has 1 unspecified atom stereocenters. The third-order valence-corrected chi connectivity index (χ3v) is 2.85. The van der Waals surface area contributed by atoms with Crippen LogP contribution >= 0.6 is 23.2 Å². The molecule has 0 saturated carbocycles. The molecular formula is C12H14Cl2N2. The second kappa shape index (κ2) is 6.10. The third kappa shape index (κ3) is 4.02. The summed E-state index contributed by atoms with van der Waals surface area (Å²) in [6.07, 6.45) is 0. The van der Waals surface area contributed by atoms with Crippen molar-refractivity contribution in [1.82, 2.24) is 4.90 Å². The van der Waals surface area contributed by atoms with Crippen LogP contribution in [0.4, 0.5) is 0 Å². The lowest BCUT2D eigenvalue weighted by atomic mass is 10.1. The van der Waals surface area contributed by atoms with Crippen molar-refractivity contribution < 1.29 is 0 Å². The molecule has 0 heterocycles. The van der Waals surface area contributed by atoms with Gasteiger partial charge in [-0.3, -0.25) is 0 Å². The number of hydrogen-bond donors (Lipinski definition) is 0. The van der Waals surface area contributed by atoms with E-state index in [4.69, 9.17) is 28.5 Å². The Morgan fingerprint density at radius 2 is 2.12 bits per heavy atom. The minimum Gasteiger partial charge on any atom is -0.301 e. The molecule has 1 aromatic carbocycles. The SMILES string of the molecule is CC(C#N)CN(C)Cc1ccc(Cl)cc1Cl. The first kappa shape index (κ1) is 13.3. The Kier molecular flexibility index (Phi) is 5.08. The van der Waals surface area contributed by atoms with Crippen LogP contribution in [0.15, 0.2) is 18.2 Å². The predicted octanol–water partition coefficient (Wildman–Crippen LogP) is 3.58. The molecular weight excluding hydrogens is 243 g/mol. The number of nitriles is 1. The average Bonchev–Trinajstić information content (AvgIpc) is 2.22. The summed E-state index contributed by atoms with van der Waals surface area (Å²) in [4.78, 5) is 2.07. The molecule has 16 heavy (non-hydrogen) atoms. The summed E-state index contributed by atoms with van der Waals surface area (Å²) >= 11 is 11.9. The number of benzene rings is 1. The van der Waals surface area contributed by atoms with Gasteiger partial charge in [-0.15, -0.1) is 0 Å². The maximum atomic E-state index is 8.72. The van der Waals surface area contributed by atoms with Crippen LogP contribution in [-0.4, -0.2) is 18.5 Å². The van der Waals surface area contributed by atoms with Crippen LogP contribution < -0.4 is 0 Å². The Bertz CT molecular complexity index is 398.